The van der Waals surface area contributed by atoms with Crippen LogP contribution in [0.1, 0.15) is 17.3 Å². The molecule has 0 fully saturated rings. The van der Waals surface area contributed by atoms with E-state index >= 15 is 0 Å². The predicted octanol–water partition coefficient (Wildman–Crippen LogP) is 1.92. The van der Waals surface area contributed by atoms with Crippen molar-refractivity contribution in [3.05, 3.63) is 52.1 Å². The first-order valence-corrected chi connectivity index (χ1v) is 9.52. The largest absolute Gasteiger partial charge is 0.493 e. The molecule has 2 aromatic carbocycles. The normalized spacial score (nSPS) is 11.0. The topological polar surface area (TPSA) is 155 Å². The third kappa shape index (κ3) is 6.56. The number of amides is 2. The van der Waals surface area contributed by atoms with Crippen molar-refractivity contribution in [3.8, 4) is 17.2 Å². The number of esters is 1. The summed E-state index contributed by atoms with van der Waals surface area (Å²) in [6, 6.07) is 6.94. The molecule has 0 unspecified atom stereocenters. The predicted molar refractivity (Wildman–Crippen MR) is 116 cm³/mol. The zero-order chi connectivity index (χ0) is 24.5. The van der Waals surface area contributed by atoms with Crippen LogP contribution in [0.3, 0.4) is 0 Å². The van der Waals surface area contributed by atoms with Crippen molar-refractivity contribution in [2.24, 2.45) is 0 Å². The van der Waals surface area contributed by atoms with E-state index in [1.54, 1.807) is 0 Å². The van der Waals surface area contributed by atoms with Gasteiger partial charge in [-0.3, -0.25) is 19.7 Å². The van der Waals surface area contributed by atoms with Crippen LogP contribution in [-0.2, 0) is 14.3 Å². The Morgan fingerprint density at radius 2 is 1.67 bits per heavy atom. The molecule has 12 nitrogen and oxygen atoms in total. The van der Waals surface area contributed by atoms with Gasteiger partial charge in [0, 0.05) is 35.5 Å². The summed E-state index contributed by atoms with van der Waals surface area (Å²) in [6.45, 7) is 0.737. The van der Waals surface area contributed by atoms with E-state index in [1.165, 1.54) is 58.6 Å². The van der Waals surface area contributed by atoms with Crippen molar-refractivity contribution < 1.29 is 38.3 Å². The zero-order valence-corrected chi connectivity index (χ0v) is 18.4. The Labute approximate surface area is 188 Å². The first kappa shape index (κ1) is 24.9. The van der Waals surface area contributed by atoms with Crippen molar-refractivity contribution in [1.29, 1.82) is 0 Å². The molecule has 0 bridgehead atoms. The molecule has 2 N–H and O–H groups in total. The van der Waals surface area contributed by atoms with Crippen LogP contribution in [0.15, 0.2) is 36.4 Å². The molecule has 1 atom stereocenters. The summed E-state index contributed by atoms with van der Waals surface area (Å²) in [4.78, 5) is 46.8. The maximum Gasteiger partial charge on any atom is 0.328 e. The summed E-state index contributed by atoms with van der Waals surface area (Å²) >= 11 is 0. The summed E-state index contributed by atoms with van der Waals surface area (Å²) in [5.41, 5.74) is 0.0582. The van der Waals surface area contributed by atoms with Crippen LogP contribution >= 0.6 is 0 Å². The van der Waals surface area contributed by atoms with Crippen molar-refractivity contribution in [1.82, 2.24) is 5.32 Å². The third-order valence-electron chi connectivity index (χ3n) is 4.31. The number of nitrogens with zero attached hydrogens (tertiary/aromatic N) is 1. The van der Waals surface area contributed by atoms with E-state index in [9.17, 15) is 24.5 Å². The van der Waals surface area contributed by atoms with E-state index in [-0.39, 0.29) is 11.3 Å². The molecule has 0 aliphatic carbocycles. The second-order valence-corrected chi connectivity index (χ2v) is 6.57. The summed E-state index contributed by atoms with van der Waals surface area (Å²) < 4.78 is 20.5. The molecule has 2 amide bonds. The van der Waals surface area contributed by atoms with Gasteiger partial charge >= 0.3 is 5.97 Å². The Bertz CT molecular complexity index is 1030. The lowest BCUT2D eigenvalue weighted by Crippen LogP contribution is -2.40. The fourth-order valence-corrected chi connectivity index (χ4v) is 2.71. The first-order valence-electron chi connectivity index (χ1n) is 9.52. The van der Waals surface area contributed by atoms with Crippen molar-refractivity contribution in [2.45, 2.75) is 13.0 Å². The summed E-state index contributed by atoms with van der Waals surface area (Å²) in [6.07, 6.45) is 0. The standard InChI is InChI=1S/C21H23N3O9/c1-12(22-20(26)13-6-5-7-15(8-13)24(28)29)21(27)33-11-18(25)23-14-9-16(30-2)19(32-4)17(10-14)31-3/h5-10,12H,11H2,1-4H3,(H,22,26)(H,23,25)/t12-/m0/s1. The molecule has 0 heterocycles. The maximum absolute atomic E-state index is 12.2. The smallest absolute Gasteiger partial charge is 0.328 e. The van der Waals surface area contributed by atoms with Crippen LogP contribution < -0.4 is 24.8 Å². The van der Waals surface area contributed by atoms with Crippen LogP contribution in [0.2, 0.25) is 0 Å². The van der Waals surface area contributed by atoms with Gasteiger partial charge < -0.3 is 29.6 Å². The van der Waals surface area contributed by atoms with E-state index in [0.29, 0.717) is 22.9 Å². The number of carbonyl (C=O) groups is 3. The number of hydrogen-bond acceptors (Lipinski definition) is 9. The van der Waals surface area contributed by atoms with Gasteiger partial charge in [-0.2, -0.15) is 0 Å². The number of hydrogen-bond donors (Lipinski definition) is 2. The molecule has 0 aliphatic heterocycles. The Kier molecular flexibility index (Phi) is 8.55. The van der Waals surface area contributed by atoms with Crippen LogP contribution in [-0.4, -0.2) is 56.7 Å². The van der Waals surface area contributed by atoms with Crippen LogP contribution in [0.25, 0.3) is 0 Å². The molecule has 2 aromatic rings. The monoisotopic (exact) mass is 461 g/mol. The van der Waals surface area contributed by atoms with Crippen LogP contribution in [0.5, 0.6) is 17.2 Å². The fourth-order valence-electron chi connectivity index (χ4n) is 2.71. The van der Waals surface area contributed by atoms with E-state index < -0.39 is 35.4 Å². The number of nitro benzene ring substituents is 1. The Balaban J connectivity index is 1.93. The minimum absolute atomic E-state index is 0.00370. The minimum Gasteiger partial charge on any atom is -0.493 e. The van der Waals surface area contributed by atoms with E-state index in [1.807, 2.05) is 0 Å². The van der Waals surface area contributed by atoms with Gasteiger partial charge in [0.15, 0.2) is 18.1 Å². The highest BCUT2D eigenvalue weighted by molar-refractivity contribution is 5.98. The number of ether oxygens (including phenoxy) is 4. The number of nitrogens with one attached hydrogen (secondary N) is 2. The van der Waals surface area contributed by atoms with Crippen LogP contribution in [0, 0.1) is 10.1 Å². The summed E-state index contributed by atoms with van der Waals surface area (Å²) in [5, 5.41) is 15.7. The molecule has 176 valence electrons. The number of non-ortho nitro benzene ring substituents is 1. The van der Waals surface area contributed by atoms with Gasteiger partial charge in [0.2, 0.25) is 5.75 Å². The Morgan fingerprint density at radius 3 is 2.21 bits per heavy atom. The number of rotatable bonds is 10. The van der Waals surface area contributed by atoms with Gasteiger partial charge in [0.05, 0.1) is 26.3 Å². The molecule has 0 saturated carbocycles. The number of benzene rings is 2. The van der Waals surface area contributed by atoms with Gasteiger partial charge in [0.25, 0.3) is 17.5 Å². The Hall–Kier alpha value is -4.35. The van der Waals surface area contributed by atoms with Crippen LogP contribution in [0.4, 0.5) is 11.4 Å². The highest BCUT2D eigenvalue weighted by atomic mass is 16.6. The Morgan fingerprint density at radius 1 is 1.03 bits per heavy atom. The number of anilines is 1. The average Bonchev–Trinajstić information content (AvgIpc) is 2.81. The van der Waals surface area contributed by atoms with Gasteiger partial charge in [0.1, 0.15) is 6.04 Å². The zero-order valence-electron chi connectivity index (χ0n) is 18.4. The van der Waals surface area contributed by atoms with Crippen molar-refractivity contribution in [2.75, 3.05) is 33.3 Å². The lowest BCUT2D eigenvalue weighted by molar-refractivity contribution is -0.384. The molecule has 12 heteroatoms. The molecule has 33 heavy (non-hydrogen) atoms. The SMILES string of the molecule is COc1cc(NC(=O)COC(=O)[C@H](C)NC(=O)c2cccc([N+](=O)[O-])c2)cc(OC)c1OC. The highest BCUT2D eigenvalue weighted by Crippen LogP contribution is 2.39. The molecule has 0 saturated heterocycles. The second-order valence-electron chi connectivity index (χ2n) is 6.57. The highest BCUT2D eigenvalue weighted by Gasteiger charge is 2.21. The number of methoxy groups -OCH3 is 3. The lowest BCUT2D eigenvalue weighted by atomic mass is 10.2. The molecule has 0 aromatic heterocycles. The molecular weight excluding hydrogens is 438 g/mol. The van der Waals surface area contributed by atoms with E-state index in [4.69, 9.17) is 18.9 Å². The maximum atomic E-state index is 12.2. The fraction of sp³-hybridized carbons (Fsp3) is 0.286. The molecule has 0 radical (unpaired) electrons. The van der Waals surface area contributed by atoms with Gasteiger partial charge in [-0.15, -0.1) is 0 Å². The molecule has 2 rings (SSSR count). The third-order valence-corrected chi connectivity index (χ3v) is 4.31. The second kappa shape index (κ2) is 11.3. The van der Waals surface area contributed by atoms with Crippen molar-refractivity contribution >= 4 is 29.2 Å². The van der Waals surface area contributed by atoms with Gasteiger partial charge in [-0.25, -0.2) is 4.79 Å². The van der Waals surface area contributed by atoms with Crippen molar-refractivity contribution in [3.63, 3.8) is 0 Å². The molecular formula is C21H23N3O9. The minimum atomic E-state index is -1.11. The quantitative estimate of drug-likeness (QED) is 0.307. The van der Waals surface area contributed by atoms with E-state index in [0.717, 1.165) is 6.07 Å². The number of nitro groups is 1. The summed E-state index contributed by atoms with van der Waals surface area (Å²) in [5.74, 6) is -1.23. The average molecular weight is 461 g/mol. The van der Waals surface area contributed by atoms with Gasteiger partial charge in [-0.05, 0) is 13.0 Å². The van der Waals surface area contributed by atoms with E-state index in [2.05, 4.69) is 10.6 Å². The first-order chi connectivity index (χ1) is 15.7. The molecule has 0 aliphatic rings. The number of carbonyl (C=O) groups excluding carboxylic acids is 3. The molecule has 0 spiro atoms. The lowest BCUT2D eigenvalue weighted by Gasteiger charge is -2.15. The summed E-state index contributed by atoms with van der Waals surface area (Å²) in [7, 11) is 4.29. The van der Waals surface area contributed by atoms with Gasteiger partial charge in [-0.1, -0.05) is 6.07 Å².